The molecule has 2 aromatic carbocycles. The first-order chi connectivity index (χ1) is 14.0. The van der Waals surface area contributed by atoms with Crippen LogP contribution in [0.25, 0.3) is 0 Å². The third-order valence-electron chi connectivity index (χ3n) is 5.92. The number of hydrogen-bond donors (Lipinski definition) is 1. The molecule has 3 atom stereocenters. The maximum atomic E-state index is 12.8. The van der Waals surface area contributed by atoms with Crippen molar-refractivity contribution in [2.24, 2.45) is 17.8 Å². The van der Waals surface area contributed by atoms with E-state index in [9.17, 15) is 14.4 Å². The number of nitrogens with zero attached hydrogens (tertiary/aromatic N) is 1. The zero-order valence-electron chi connectivity index (χ0n) is 16.6. The van der Waals surface area contributed by atoms with Crippen molar-refractivity contribution in [1.29, 1.82) is 0 Å². The van der Waals surface area contributed by atoms with Crippen molar-refractivity contribution in [1.82, 2.24) is 0 Å². The summed E-state index contributed by atoms with van der Waals surface area (Å²) in [7, 11) is 1.52. The van der Waals surface area contributed by atoms with E-state index in [1.165, 1.54) is 12.0 Å². The van der Waals surface area contributed by atoms with Crippen LogP contribution in [0.5, 0.6) is 5.75 Å². The van der Waals surface area contributed by atoms with Crippen LogP contribution in [0.2, 0.25) is 0 Å². The Kier molecular flexibility index (Phi) is 5.09. The lowest BCUT2D eigenvalue weighted by atomic mass is 9.76. The number of amides is 3. The summed E-state index contributed by atoms with van der Waals surface area (Å²) in [5.41, 5.74) is 1.56. The standard InChI is InChI=1S/C23H24N2O4/c1-14-7-12-17-19(13-14)23(28)25(22(17)27)16-10-8-15(9-11-16)24-21(26)18-5-3-4-6-20(18)29-2/h3-6,8-11,14,17,19H,7,12-13H2,1-2H3,(H,24,26)/t14-,17+,19-/m0/s1. The molecule has 1 N–H and O–H groups in total. The predicted octanol–water partition coefficient (Wildman–Crippen LogP) is 3.87. The Morgan fingerprint density at radius 3 is 2.41 bits per heavy atom. The van der Waals surface area contributed by atoms with E-state index < -0.39 is 0 Å². The molecule has 6 heteroatoms. The summed E-state index contributed by atoms with van der Waals surface area (Å²) in [6, 6.07) is 13.8. The number of para-hydroxylation sites is 1. The third-order valence-corrected chi connectivity index (χ3v) is 5.92. The minimum atomic E-state index is -0.288. The first-order valence-electron chi connectivity index (χ1n) is 9.92. The van der Waals surface area contributed by atoms with Gasteiger partial charge in [0.15, 0.2) is 0 Å². The fraction of sp³-hybridized carbons (Fsp3) is 0.348. The minimum Gasteiger partial charge on any atom is -0.496 e. The van der Waals surface area contributed by atoms with E-state index in [-0.39, 0.29) is 29.6 Å². The highest BCUT2D eigenvalue weighted by Crippen LogP contribution is 2.42. The van der Waals surface area contributed by atoms with Gasteiger partial charge in [0, 0.05) is 5.69 Å². The van der Waals surface area contributed by atoms with Gasteiger partial charge in [0.25, 0.3) is 5.91 Å². The van der Waals surface area contributed by atoms with Gasteiger partial charge >= 0.3 is 0 Å². The smallest absolute Gasteiger partial charge is 0.259 e. The van der Waals surface area contributed by atoms with Gasteiger partial charge in [0.2, 0.25) is 11.8 Å². The molecule has 1 heterocycles. The molecular weight excluding hydrogens is 368 g/mol. The molecule has 0 spiro atoms. The second-order valence-electron chi connectivity index (χ2n) is 7.84. The zero-order chi connectivity index (χ0) is 20.5. The number of benzene rings is 2. The van der Waals surface area contributed by atoms with Gasteiger partial charge in [-0.2, -0.15) is 0 Å². The van der Waals surface area contributed by atoms with Crippen molar-refractivity contribution in [2.45, 2.75) is 26.2 Å². The van der Waals surface area contributed by atoms with Crippen molar-refractivity contribution >= 4 is 29.1 Å². The molecule has 4 rings (SSSR count). The number of anilines is 2. The summed E-state index contributed by atoms with van der Waals surface area (Å²) in [5, 5.41) is 2.82. The fourth-order valence-corrected chi connectivity index (χ4v) is 4.37. The summed E-state index contributed by atoms with van der Waals surface area (Å²) >= 11 is 0. The Morgan fingerprint density at radius 1 is 1.00 bits per heavy atom. The predicted molar refractivity (Wildman–Crippen MR) is 110 cm³/mol. The normalized spacial score (nSPS) is 23.7. The summed E-state index contributed by atoms with van der Waals surface area (Å²) in [4.78, 5) is 39.5. The second-order valence-corrected chi connectivity index (χ2v) is 7.84. The van der Waals surface area contributed by atoms with Crippen LogP contribution < -0.4 is 15.0 Å². The lowest BCUT2D eigenvalue weighted by Crippen LogP contribution is -2.30. The van der Waals surface area contributed by atoms with E-state index in [0.29, 0.717) is 28.6 Å². The van der Waals surface area contributed by atoms with Crippen LogP contribution in [-0.2, 0) is 9.59 Å². The molecule has 0 bridgehead atoms. The van der Waals surface area contributed by atoms with E-state index in [1.54, 1.807) is 48.5 Å². The summed E-state index contributed by atoms with van der Waals surface area (Å²) < 4.78 is 5.23. The number of carbonyl (C=O) groups excluding carboxylic acids is 3. The average Bonchev–Trinajstić information content (AvgIpc) is 2.98. The van der Waals surface area contributed by atoms with Gasteiger partial charge in [-0.1, -0.05) is 19.1 Å². The molecule has 2 fully saturated rings. The molecule has 0 unspecified atom stereocenters. The van der Waals surface area contributed by atoms with Gasteiger partial charge in [-0.05, 0) is 61.6 Å². The zero-order valence-corrected chi connectivity index (χ0v) is 16.6. The summed E-state index contributed by atoms with van der Waals surface area (Å²) in [6.07, 6.45) is 2.54. The fourth-order valence-electron chi connectivity index (χ4n) is 4.37. The number of methoxy groups -OCH3 is 1. The molecule has 29 heavy (non-hydrogen) atoms. The molecule has 0 radical (unpaired) electrons. The Labute approximate surface area is 169 Å². The maximum Gasteiger partial charge on any atom is 0.259 e. The van der Waals surface area contributed by atoms with Crippen molar-refractivity contribution in [3.05, 3.63) is 54.1 Å². The van der Waals surface area contributed by atoms with E-state index in [0.717, 1.165) is 19.3 Å². The monoisotopic (exact) mass is 392 g/mol. The number of imide groups is 1. The first-order valence-corrected chi connectivity index (χ1v) is 9.92. The van der Waals surface area contributed by atoms with Gasteiger partial charge < -0.3 is 10.1 Å². The van der Waals surface area contributed by atoms with Gasteiger partial charge in [0.1, 0.15) is 5.75 Å². The Hall–Kier alpha value is -3.15. The van der Waals surface area contributed by atoms with Crippen LogP contribution in [0, 0.1) is 17.8 Å². The van der Waals surface area contributed by atoms with Crippen LogP contribution in [-0.4, -0.2) is 24.8 Å². The van der Waals surface area contributed by atoms with E-state index >= 15 is 0 Å². The quantitative estimate of drug-likeness (QED) is 0.802. The number of hydrogen-bond acceptors (Lipinski definition) is 4. The Balaban J connectivity index is 1.50. The third kappa shape index (κ3) is 3.50. The number of ether oxygens (including phenoxy) is 1. The molecule has 1 aliphatic heterocycles. The lowest BCUT2D eigenvalue weighted by molar-refractivity contribution is -0.122. The molecule has 1 aliphatic carbocycles. The van der Waals surface area contributed by atoms with Crippen molar-refractivity contribution in [3.63, 3.8) is 0 Å². The van der Waals surface area contributed by atoms with Crippen LogP contribution in [0.1, 0.15) is 36.5 Å². The Bertz CT molecular complexity index is 954. The van der Waals surface area contributed by atoms with Crippen molar-refractivity contribution in [2.75, 3.05) is 17.3 Å². The van der Waals surface area contributed by atoms with E-state index in [4.69, 9.17) is 4.74 Å². The average molecular weight is 392 g/mol. The molecule has 3 amide bonds. The minimum absolute atomic E-state index is 0.0993. The highest BCUT2D eigenvalue weighted by Gasteiger charge is 2.49. The maximum absolute atomic E-state index is 12.8. The molecule has 1 saturated heterocycles. The van der Waals surface area contributed by atoms with Gasteiger partial charge in [-0.3, -0.25) is 19.3 Å². The number of rotatable bonds is 4. The number of fused-ring (bicyclic) bond motifs is 1. The highest BCUT2D eigenvalue weighted by atomic mass is 16.5. The first kappa shape index (κ1) is 19.2. The van der Waals surface area contributed by atoms with Crippen LogP contribution in [0.3, 0.4) is 0 Å². The molecule has 150 valence electrons. The molecule has 2 aromatic rings. The van der Waals surface area contributed by atoms with E-state index in [1.807, 2.05) is 0 Å². The second kappa shape index (κ2) is 7.70. The van der Waals surface area contributed by atoms with Crippen molar-refractivity contribution < 1.29 is 19.1 Å². The lowest BCUT2D eigenvalue weighted by Gasteiger charge is -2.25. The summed E-state index contributed by atoms with van der Waals surface area (Å²) in [6.45, 7) is 2.13. The molecular formula is C23H24N2O4. The summed E-state index contributed by atoms with van der Waals surface area (Å²) in [5.74, 6) is 0.0885. The SMILES string of the molecule is COc1ccccc1C(=O)Nc1ccc(N2C(=O)[C@H]3C[C@@H](C)CC[C@H]3C2=O)cc1. The molecule has 0 aromatic heterocycles. The van der Waals surface area contributed by atoms with Crippen LogP contribution >= 0.6 is 0 Å². The van der Waals surface area contributed by atoms with Gasteiger partial charge in [0.05, 0.1) is 30.2 Å². The van der Waals surface area contributed by atoms with Gasteiger partial charge in [-0.15, -0.1) is 0 Å². The van der Waals surface area contributed by atoms with Gasteiger partial charge in [-0.25, -0.2) is 0 Å². The highest BCUT2D eigenvalue weighted by molar-refractivity contribution is 6.22. The topological polar surface area (TPSA) is 75.7 Å². The van der Waals surface area contributed by atoms with E-state index in [2.05, 4.69) is 12.2 Å². The van der Waals surface area contributed by atoms with Crippen molar-refractivity contribution in [3.8, 4) is 5.75 Å². The largest absolute Gasteiger partial charge is 0.496 e. The number of nitrogens with one attached hydrogen (secondary N) is 1. The molecule has 6 nitrogen and oxygen atoms in total. The Morgan fingerprint density at radius 2 is 1.69 bits per heavy atom. The van der Waals surface area contributed by atoms with Crippen LogP contribution in [0.4, 0.5) is 11.4 Å². The number of carbonyl (C=O) groups is 3. The molecule has 2 aliphatic rings. The molecule has 1 saturated carbocycles. The van der Waals surface area contributed by atoms with Crippen LogP contribution in [0.15, 0.2) is 48.5 Å².